The number of anilines is 1. The maximum Gasteiger partial charge on any atom is 0.293 e. The molecule has 0 atom stereocenters. The highest BCUT2D eigenvalue weighted by Gasteiger charge is 2.15. The summed E-state index contributed by atoms with van der Waals surface area (Å²) in [6.45, 7) is 1.75. The van der Waals surface area contributed by atoms with E-state index in [9.17, 15) is 14.9 Å². The molecule has 0 bridgehead atoms. The van der Waals surface area contributed by atoms with Gasteiger partial charge in [-0.05, 0) is 52.7 Å². The van der Waals surface area contributed by atoms with Crippen LogP contribution >= 0.6 is 31.9 Å². The fourth-order valence-electron chi connectivity index (χ4n) is 2.16. The van der Waals surface area contributed by atoms with Crippen molar-refractivity contribution in [3.05, 3.63) is 66.6 Å². The summed E-state index contributed by atoms with van der Waals surface area (Å²) in [4.78, 5) is 22.7. The van der Waals surface area contributed by atoms with Crippen LogP contribution in [0, 0.1) is 17.0 Å². The summed E-state index contributed by atoms with van der Waals surface area (Å²) in [5.74, 6) is 0.0960. The predicted octanol–water partition coefficient (Wildman–Crippen LogP) is 5.09. The minimum Gasteiger partial charge on any atom is -0.495 e. The first-order chi connectivity index (χ1) is 11.8. The van der Waals surface area contributed by atoms with Gasteiger partial charge in [0.05, 0.1) is 16.5 Å². The van der Waals surface area contributed by atoms with Crippen molar-refractivity contribution in [2.24, 2.45) is 0 Å². The molecular formula is C17H14Br2N2O4. The number of benzene rings is 2. The zero-order chi connectivity index (χ0) is 18.6. The van der Waals surface area contributed by atoms with Crippen molar-refractivity contribution in [1.29, 1.82) is 0 Å². The zero-order valence-electron chi connectivity index (χ0n) is 13.4. The van der Waals surface area contributed by atoms with Gasteiger partial charge in [-0.15, -0.1) is 0 Å². The molecule has 0 spiro atoms. The van der Waals surface area contributed by atoms with Gasteiger partial charge in [0.2, 0.25) is 5.91 Å². The molecule has 25 heavy (non-hydrogen) atoms. The smallest absolute Gasteiger partial charge is 0.293 e. The summed E-state index contributed by atoms with van der Waals surface area (Å²) in [7, 11) is 1.53. The quantitative estimate of drug-likeness (QED) is 0.375. The van der Waals surface area contributed by atoms with E-state index in [1.54, 1.807) is 25.1 Å². The summed E-state index contributed by atoms with van der Waals surface area (Å²) in [5, 5.41) is 13.6. The summed E-state index contributed by atoms with van der Waals surface area (Å²) < 4.78 is 6.85. The molecule has 1 N–H and O–H groups in total. The van der Waals surface area contributed by atoms with Gasteiger partial charge in [-0.25, -0.2) is 0 Å². The number of methoxy groups -OCH3 is 1. The van der Waals surface area contributed by atoms with E-state index in [4.69, 9.17) is 4.74 Å². The van der Waals surface area contributed by atoms with Gasteiger partial charge in [0.25, 0.3) is 5.69 Å². The van der Waals surface area contributed by atoms with Crippen LogP contribution in [-0.2, 0) is 4.79 Å². The van der Waals surface area contributed by atoms with Crippen LogP contribution in [0.25, 0.3) is 6.08 Å². The van der Waals surface area contributed by atoms with E-state index in [-0.39, 0.29) is 11.4 Å². The molecule has 0 radical (unpaired) electrons. The van der Waals surface area contributed by atoms with E-state index < -0.39 is 10.8 Å². The molecule has 0 aliphatic carbocycles. The Morgan fingerprint density at radius 2 is 2.00 bits per heavy atom. The lowest BCUT2D eigenvalue weighted by Crippen LogP contribution is -2.09. The van der Waals surface area contributed by atoms with Crippen LogP contribution in [0.15, 0.2) is 45.4 Å². The number of rotatable bonds is 5. The molecule has 0 fully saturated rings. The molecule has 0 aromatic heterocycles. The largest absolute Gasteiger partial charge is 0.495 e. The van der Waals surface area contributed by atoms with Gasteiger partial charge in [0, 0.05) is 22.2 Å². The van der Waals surface area contributed by atoms with Gasteiger partial charge in [0.15, 0.2) is 0 Å². The van der Waals surface area contributed by atoms with E-state index >= 15 is 0 Å². The van der Waals surface area contributed by atoms with Crippen molar-refractivity contribution in [3.8, 4) is 5.75 Å². The SMILES string of the molecule is COc1c(Br)cc(Br)cc1/C=C/C(=O)Nc1ccc(C)cc1[N+](=O)[O-]. The number of hydrogen-bond donors (Lipinski definition) is 1. The summed E-state index contributed by atoms with van der Waals surface area (Å²) in [6, 6.07) is 8.23. The summed E-state index contributed by atoms with van der Waals surface area (Å²) >= 11 is 6.76. The Bertz CT molecular complexity index is 866. The van der Waals surface area contributed by atoms with Gasteiger partial charge in [-0.2, -0.15) is 0 Å². The van der Waals surface area contributed by atoms with Crippen molar-refractivity contribution < 1.29 is 14.5 Å². The van der Waals surface area contributed by atoms with Gasteiger partial charge in [-0.1, -0.05) is 22.0 Å². The monoisotopic (exact) mass is 468 g/mol. The third-order valence-corrected chi connectivity index (χ3v) is 4.31. The van der Waals surface area contributed by atoms with Crippen LogP contribution < -0.4 is 10.1 Å². The molecule has 8 heteroatoms. The molecule has 0 unspecified atom stereocenters. The molecule has 2 aromatic carbocycles. The third kappa shape index (κ3) is 4.90. The minimum atomic E-state index is -0.527. The lowest BCUT2D eigenvalue weighted by atomic mass is 10.1. The van der Waals surface area contributed by atoms with E-state index in [1.165, 1.54) is 25.3 Å². The standard InChI is InChI=1S/C17H14Br2N2O4/c1-10-3-5-14(15(7-10)21(23)24)20-16(22)6-4-11-8-12(18)9-13(19)17(11)25-2/h3-9H,1-2H3,(H,20,22)/b6-4+. The lowest BCUT2D eigenvalue weighted by molar-refractivity contribution is -0.384. The number of nitrogens with one attached hydrogen (secondary N) is 1. The second-order valence-corrected chi connectivity index (χ2v) is 6.88. The Balaban J connectivity index is 2.24. The van der Waals surface area contributed by atoms with E-state index in [1.807, 2.05) is 6.07 Å². The average Bonchev–Trinajstić information content (AvgIpc) is 2.54. The highest BCUT2D eigenvalue weighted by molar-refractivity contribution is 9.11. The highest BCUT2D eigenvalue weighted by Crippen LogP contribution is 2.33. The summed E-state index contributed by atoms with van der Waals surface area (Å²) in [5.41, 5.74) is 1.42. The molecule has 0 aliphatic rings. The van der Waals surface area contributed by atoms with Crippen LogP contribution in [-0.4, -0.2) is 17.9 Å². The third-order valence-electron chi connectivity index (χ3n) is 3.26. The average molecular weight is 470 g/mol. The lowest BCUT2D eigenvalue weighted by Gasteiger charge is -2.08. The highest BCUT2D eigenvalue weighted by atomic mass is 79.9. The molecule has 1 amide bonds. The van der Waals surface area contributed by atoms with Crippen molar-refractivity contribution >= 4 is 55.2 Å². The maximum absolute atomic E-state index is 12.1. The normalized spacial score (nSPS) is 10.7. The van der Waals surface area contributed by atoms with Crippen LogP contribution in [0.4, 0.5) is 11.4 Å². The number of halogens is 2. The van der Waals surface area contributed by atoms with Crippen LogP contribution in [0.5, 0.6) is 5.75 Å². The second-order valence-electron chi connectivity index (χ2n) is 5.11. The molecule has 130 valence electrons. The number of nitro benzene ring substituents is 1. The first-order valence-corrected chi connectivity index (χ1v) is 8.67. The topological polar surface area (TPSA) is 81.5 Å². The molecule has 0 saturated heterocycles. The summed E-state index contributed by atoms with van der Waals surface area (Å²) in [6.07, 6.45) is 2.87. The van der Waals surface area contributed by atoms with Gasteiger partial charge < -0.3 is 10.1 Å². The second kappa shape index (κ2) is 8.26. The van der Waals surface area contributed by atoms with Crippen molar-refractivity contribution in [3.63, 3.8) is 0 Å². The number of aryl methyl sites for hydroxylation is 1. The fourth-order valence-corrected chi connectivity index (χ4v) is 3.58. The Labute approximate surface area is 161 Å². The van der Waals surface area contributed by atoms with Crippen molar-refractivity contribution in [1.82, 2.24) is 0 Å². The number of carbonyl (C=O) groups excluding carboxylic acids is 1. The molecule has 0 saturated carbocycles. The van der Waals surface area contributed by atoms with Crippen molar-refractivity contribution in [2.75, 3.05) is 12.4 Å². The van der Waals surface area contributed by atoms with Crippen LogP contribution in [0.1, 0.15) is 11.1 Å². The molecular weight excluding hydrogens is 456 g/mol. The van der Waals surface area contributed by atoms with E-state index in [0.717, 1.165) is 14.5 Å². The molecule has 0 heterocycles. The minimum absolute atomic E-state index is 0.146. The number of hydrogen-bond acceptors (Lipinski definition) is 4. The molecule has 0 aliphatic heterocycles. The van der Waals surface area contributed by atoms with Gasteiger partial charge >= 0.3 is 0 Å². The Morgan fingerprint density at radius 3 is 2.64 bits per heavy atom. The maximum atomic E-state index is 12.1. The number of nitro groups is 1. The Morgan fingerprint density at radius 1 is 1.28 bits per heavy atom. The first-order valence-electron chi connectivity index (χ1n) is 7.09. The number of nitrogens with zero attached hydrogens (tertiary/aromatic N) is 1. The van der Waals surface area contributed by atoms with E-state index in [0.29, 0.717) is 11.3 Å². The van der Waals surface area contributed by atoms with Crippen molar-refractivity contribution in [2.45, 2.75) is 6.92 Å². The van der Waals surface area contributed by atoms with Gasteiger partial charge in [-0.3, -0.25) is 14.9 Å². The zero-order valence-corrected chi connectivity index (χ0v) is 16.5. The fraction of sp³-hybridized carbons (Fsp3) is 0.118. The van der Waals surface area contributed by atoms with Crippen LogP contribution in [0.2, 0.25) is 0 Å². The van der Waals surface area contributed by atoms with Crippen LogP contribution in [0.3, 0.4) is 0 Å². The number of amides is 1. The molecule has 2 rings (SSSR count). The number of carbonyl (C=O) groups is 1. The Kier molecular flexibility index (Phi) is 6.33. The van der Waals surface area contributed by atoms with Gasteiger partial charge in [0.1, 0.15) is 11.4 Å². The predicted molar refractivity (Wildman–Crippen MR) is 104 cm³/mol. The molecule has 6 nitrogen and oxygen atoms in total. The van der Waals surface area contributed by atoms with E-state index in [2.05, 4.69) is 37.2 Å². The Hall–Kier alpha value is -2.19. The number of ether oxygens (including phenoxy) is 1. The molecule has 2 aromatic rings. The first kappa shape index (κ1) is 19.1.